The second kappa shape index (κ2) is 7.12. The average Bonchev–Trinajstić information content (AvgIpc) is 2.26. The Hall–Kier alpha value is -0.290. The van der Waals surface area contributed by atoms with E-state index >= 15 is 0 Å². The molecule has 0 spiro atoms. The summed E-state index contributed by atoms with van der Waals surface area (Å²) in [6.07, 6.45) is 0. The molecule has 114 valence electrons. The average molecular weight is 338 g/mol. The van der Waals surface area contributed by atoms with E-state index in [-0.39, 0.29) is 20.9 Å². The highest BCUT2D eigenvalue weighted by atomic mass is 35.5. The Kier molecular flexibility index (Phi) is 6.32. The first kappa shape index (κ1) is 17.8. The first-order chi connectivity index (χ1) is 9.16. The summed E-state index contributed by atoms with van der Waals surface area (Å²) in [6, 6.07) is 4.66. The third kappa shape index (κ3) is 4.35. The molecule has 0 amide bonds. The first-order valence-electron chi connectivity index (χ1n) is 6.60. The zero-order valence-corrected chi connectivity index (χ0v) is 14.5. The molecule has 0 heterocycles. The minimum atomic E-state index is -3.70. The van der Waals surface area contributed by atoms with E-state index in [0.29, 0.717) is 18.4 Å². The first-order valence-corrected chi connectivity index (χ1v) is 8.84. The van der Waals surface area contributed by atoms with Crippen LogP contribution in [0.25, 0.3) is 0 Å². The highest BCUT2D eigenvalue weighted by Gasteiger charge is 2.24. The van der Waals surface area contributed by atoms with E-state index in [9.17, 15) is 8.42 Å². The van der Waals surface area contributed by atoms with Crippen molar-refractivity contribution in [1.29, 1.82) is 0 Å². The van der Waals surface area contributed by atoms with Crippen LogP contribution in [0.1, 0.15) is 27.7 Å². The monoisotopic (exact) mass is 337 g/mol. The van der Waals surface area contributed by atoms with Crippen LogP contribution >= 0.6 is 23.2 Å². The molecule has 0 aliphatic carbocycles. The molecule has 1 aromatic rings. The molecule has 3 nitrogen and oxygen atoms in total. The Labute approximate surface area is 131 Å². The van der Waals surface area contributed by atoms with Gasteiger partial charge in [0.05, 0.1) is 10.0 Å². The van der Waals surface area contributed by atoms with Gasteiger partial charge in [0.2, 0.25) is 10.0 Å². The van der Waals surface area contributed by atoms with Crippen molar-refractivity contribution in [2.75, 3.05) is 6.54 Å². The van der Waals surface area contributed by atoms with Crippen LogP contribution in [-0.2, 0) is 10.0 Å². The van der Waals surface area contributed by atoms with Crippen LogP contribution in [0.15, 0.2) is 23.1 Å². The predicted octanol–water partition coefficient (Wildman–Crippen LogP) is 4.20. The van der Waals surface area contributed by atoms with Crippen molar-refractivity contribution in [2.24, 2.45) is 17.8 Å². The molecular weight excluding hydrogens is 317 g/mol. The van der Waals surface area contributed by atoms with Gasteiger partial charge in [-0.2, -0.15) is 0 Å². The van der Waals surface area contributed by atoms with Crippen LogP contribution in [0.3, 0.4) is 0 Å². The minimum Gasteiger partial charge on any atom is -0.211 e. The van der Waals surface area contributed by atoms with Crippen molar-refractivity contribution in [2.45, 2.75) is 32.6 Å². The van der Waals surface area contributed by atoms with E-state index in [1.165, 1.54) is 12.1 Å². The normalized spacial score (nSPS) is 12.7. The molecule has 1 rings (SSSR count). The Morgan fingerprint density at radius 3 is 1.90 bits per heavy atom. The SMILES string of the molecule is CC(C)C(CNS(=O)(=O)c1c(Cl)cccc1Cl)C(C)C. The summed E-state index contributed by atoms with van der Waals surface area (Å²) in [7, 11) is -3.70. The highest BCUT2D eigenvalue weighted by molar-refractivity contribution is 7.89. The lowest BCUT2D eigenvalue weighted by molar-refractivity contribution is 0.289. The van der Waals surface area contributed by atoms with Crippen LogP contribution in [0.5, 0.6) is 0 Å². The number of benzene rings is 1. The molecule has 0 aliphatic heterocycles. The van der Waals surface area contributed by atoms with Crippen molar-refractivity contribution in [3.63, 3.8) is 0 Å². The molecule has 0 bridgehead atoms. The van der Waals surface area contributed by atoms with Gasteiger partial charge in [-0.05, 0) is 29.9 Å². The molecule has 0 aliphatic rings. The van der Waals surface area contributed by atoms with Gasteiger partial charge in [-0.25, -0.2) is 13.1 Å². The van der Waals surface area contributed by atoms with Gasteiger partial charge in [-0.1, -0.05) is 57.0 Å². The number of nitrogens with one attached hydrogen (secondary N) is 1. The van der Waals surface area contributed by atoms with Gasteiger partial charge in [0, 0.05) is 6.54 Å². The fourth-order valence-corrected chi connectivity index (χ4v) is 4.47. The lowest BCUT2D eigenvalue weighted by atomic mass is 9.86. The van der Waals surface area contributed by atoms with E-state index in [4.69, 9.17) is 23.2 Å². The van der Waals surface area contributed by atoms with Crippen molar-refractivity contribution >= 4 is 33.2 Å². The van der Waals surface area contributed by atoms with Crippen LogP contribution in [0, 0.1) is 17.8 Å². The number of rotatable bonds is 6. The van der Waals surface area contributed by atoms with E-state index in [1.54, 1.807) is 6.07 Å². The van der Waals surface area contributed by atoms with E-state index < -0.39 is 10.0 Å². The van der Waals surface area contributed by atoms with Crippen LogP contribution in [-0.4, -0.2) is 15.0 Å². The zero-order valence-electron chi connectivity index (χ0n) is 12.2. The molecule has 0 fully saturated rings. The van der Waals surface area contributed by atoms with E-state index in [0.717, 1.165) is 0 Å². The summed E-state index contributed by atoms with van der Waals surface area (Å²) in [5, 5.41) is 0.270. The Balaban J connectivity index is 2.96. The maximum Gasteiger partial charge on any atom is 0.243 e. The molecule has 0 unspecified atom stereocenters. The Morgan fingerprint density at radius 2 is 1.50 bits per heavy atom. The smallest absolute Gasteiger partial charge is 0.211 e. The molecule has 6 heteroatoms. The molecule has 0 atom stereocenters. The van der Waals surface area contributed by atoms with Crippen molar-refractivity contribution in [3.05, 3.63) is 28.2 Å². The van der Waals surface area contributed by atoms with E-state index in [1.807, 2.05) is 0 Å². The molecule has 0 saturated heterocycles. The molecule has 0 saturated carbocycles. The third-order valence-corrected chi connectivity index (χ3v) is 5.79. The van der Waals surface area contributed by atoms with E-state index in [2.05, 4.69) is 32.4 Å². The van der Waals surface area contributed by atoms with Crippen LogP contribution in [0.2, 0.25) is 10.0 Å². The largest absolute Gasteiger partial charge is 0.243 e. The second-order valence-corrected chi connectivity index (χ2v) is 8.07. The van der Waals surface area contributed by atoms with Crippen molar-refractivity contribution in [3.8, 4) is 0 Å². The number of halogens is 2. The lowest BCUT2D eigenvalue weighted by Gasteiger charge is -2.25. The molecule has 20 heavy (non-hydrogen) atoms. The van der Waals surface area contributed by atoms with Crippen LogP contribution in [0.4, 0.5) is 0 Å². The Morgan fingerprint density at radius 1 is 1.05 bits per heavy atom. The maximum atomic E-state index is 12.3. The van der Waals surface area contributed by atoms with Gasteiger partial charge in [-0.3, -0.25) is 0 Å². The number of hydrogen-bond donors (Lipinski definition) is 1. The van der Waals surface area contributed by atoms with Gasteiger partial charge in [0.15, 0.2) is 0 Å². The molecule has 1 N–H and O–H groups in total. The predicted molar refractivity (Wildman–Crippen MR) is 84.8 cm³/mol. The van der Waals surface area contributed by atoms with Crippen molar-refractivity contribution < 1.29 is 8.42 Å². The summed E-state index contributed by atoms with van der Waals surface area (Å²) in [5.74, 6) is 1.03. The molecule has 0 aromatic heterocycles. The summed E-state index contributed by atoms with van der Waals surface area (Å²) >= 11 is 11.9. The summed E-state index contributed by atoms with van der Waals surface area (Å²) in [5.41, 5.74) is 0. The molecular formula is C14H21Cl2NO2S. The van der Waals surface area contributed by atoms with Crippen molar-refractivity contribution in [1.82, 2.24) is 4.72 Å². The quantitative estimate of drug-likeness (QED) is 0.845. The zero-order chi connectivity index (χ0) is 15.5. The standard InChI is InChI=1S/C14H21Cl2NO2S/c1-9(2)11(10(3)4)8-17-20(18,19)14-12(15)6-5-7-13(14)16/h5-7,9-11,17H,8H2,1-4H3. The molecule has 1 aromatic carbocycles. The lowest BCUT2D eigenvalue weighted by Crippen LogP contribution is -2.34. The Bertz CT molecular complexity index is 528. The fourth-order valence-electron chi connectivity index (χ4n) is 2.26. The maximum absolute atomic E-state index is 12.3. The number of hydrogen-bond acceptors (Lipinski definition) is 2. The highest BCUT2D eigenvalue weighted by Crippen LogP contribution is 2.29. The van der Waals surface area contributed by atoms with Gasteiger partial charge in [0.25, 0.3) is 0 Å². The van der Waals surface area contributed by atoms with Gasteiger partial charge in [0.1, 0.15) is 4.90 Å². The minimum absolute atomic E-state index is 0.0467. The van der Waals surface area contributed by atoms with Gasteiger partial charge < -0.3 is 0 Å². The fraction of sp³-hybridized carbons (Fsp3) is 0.571. The summed E-state index contributed by atoms with van der Waals surface area (Å²) < 4.78 is 27.3. The summed E-state index contributed by atoms with van der Waals surface area (Å²) in [6.45, 7) is 8.71. The van der Waals surface area contributed by atoms with Gasteiger partial charge >= 0.3 is 0 Å². The topological polar surface area (TPSA) is 46.2 Å². The second-order valence-electron chi connectivity index (χ2n) is 5.55. The third-order valence-electron chi connectivity index (χ3n) is 3.41. The van der Waals surface area contributed by atoms with Crippen LogP contribution < -0.4 is 4.72 Å². The number of sulfonamides is 1. The van der Waals surface area contributed by atoms with Gasteiger partial charge in [-0.15, -0.1) is 0 Å². The molecule has 0 radical (unpaired) electrons. The summed E-state index contributed by atoms with van der Waals surface area (Å²) in [4.78, 5) is -0.0467.